The van der Waals surface area contributed by atoms with Crippen molar-refractivity contribution in [3.05, 3.63) is 34.9 Å². The van der Waals surface area contributed by atoms with E-state index in [1.54, 1.807) is 0 Å². The van der Waals surface area contributed by atoms with E-state index in [1.807, 2.05) is 13.8 Å². The summed E-state index contributed by atoms with van der Waals surface area (Å²) in [6.45, 7) is 4.06. The summed E-state index contributed by atoms with van der Waals surface area (Å²) in [5.74, 6) is 0.601. The van der Waals surface area contributed by atoms with E-state index in [0.29, 0.717) is 36.0 Å². The Balaban J connectivity index is 2.12. The second kappa shape index (κ2) is 6.33. The van der Waals surface area contributed by atoms with Gasteiger partial charge in [0.1, 0.15) is 5.82 Å². The van der Waals surface area contributed by atoms with Gasteiger partial charge in [-0.1, -0.05) is 30.6 Å². The van der Waals surface area contributed by atoms with E-state index in [1.165, 1.54) is 18.2 Å². The Labute approximate surface area is 121 Å². The summed E-state index contributed by atoms with van der Waals surface area (Å²) in [7, 11) is 0. The van der Waals surface area contributed by atoms with Crippen molar-refractivity contribution in [2.24, 2.45) is 5.92 Å². The molecule has 0 bridgehead atoms. The first-order valence-electron chi connectivity index (χ1n) is 6.41. The molecule has 0 saturated carbocycles. The van der Waals surface area contributed by atoms with Gasteiger partial charge >= 0.3 is 0 Å². The van der Waals surface area contributed by atoms with Gasteiger partial charge in [0.15, 0.2) is 0 Å². The van der Waals surface area contributed by atoms with Crippen LogP contribution in [0.5, 0.6) is 0 Å². The van der Waals surface area contributed by atoms with Crippen molar-refractivity contribution >= 4 is 11.6 Å². The predicted molar refractivity (Wildman–Crippen MR) is 73.9 cm³/mol. The summed E-state index contributed by atoms with van der Waals surface area (Å²) in [6, 6.07) is 3.97. The number of rotatable bonds is 5. The van der Waals surface area contributed by atoms with E-state index in [0.717, 1.165) is 0 Å². The van der Waals surface area contributed by atoms with E-state index in [9.17, 15) is 9.50 Å². The molecule has 0 radical (unpaired) electrons. The first-order valence-corrected chi connectivity index (χ1v) is 6.79. The minimum absolute atomic E-state index is 0.222. The minimum atomic E-state index is -0.521. The molecular formula is C14H16ClFN2O2. The first kappa shape index (κ1) is 14.9. The molecule has 0 fully saturated rings. The molecule has 1 heterocycles. The van der Waals surface area contributed by atoms with E-state index in [-0.39, 0.29) is 5.02 Å². The number of benzene rings is 1. The fourth-order valence-electron chi connectivity index (χ4n) is 1.95. The van der Waals surface area contributed by atoms with Crippen LogP contribution in [0.4, 0.5) is 4.39 Å². The van der Waals surface area contributed by atoms with E-state index in [2.05, 4.69) is 10.1 Å². The van der Waals surface area contributed by atoms with Gasteiger partial charge in [-0.15, -0.1) is 0 Å². The predicted octanol–water partition coefficient (Wildman–Crippen LogP) is 3.48. The highest BCUT2D eigenvalue weighted by Gasteiger charge is 2.16. The maximum atomic E-state index is 13.0. The second-order valence-corrected chi connectivity index (χ2v) is 5.53. The Hall–Kier alpha value is -1.46. The molecule has 108 valence electrons. The molecule has 1 atom stereocenters. The molecule has 4 nitrogen and oxygen atoms in total. The van der Waals surface area contributed by atoms with Crippen LogP contribution in [-0.4, -0.2) is 21.4 Å². The molecule has 20 heavy (non-hydrogen) atoms. The highest BCUT2D eigenvalue weighted by Crippen LogP contribution is 2.26. The normalized spacial score (nSPS) is 12.9. The quantitative estimate of drug-likeness (QED) is 0.918. The molecule has 6 heteroatoms. The van der Waals surface area contributed by atoms with Crippen molar-refractivity contribution in [1.29, 1.82) is 0 Å². The highest BCUT2D eigenvalue weighted by molar-refractivity contribution is 6.33. The van der Waals surface area contributed by atoms with Gasteiger partial charge in [-0.05, 0) is 30.5 Å². The Morgan fingerprint density at radius 2 is 2.15 bits per heavy atom. The van der Waals surface area contributed by atoms with Crippen LogP contribution in [0.3, 0.4) is 0 Å². The van der Waals surface area contributed by atoms with Crippen LogP contribution in [0.25, 0.3) is 11.4 Å². The zero-order valence-electron chi connectivity index (χ0n) is 11.3. The molecule has 1 unspecified atom stereocenters. The average molecular weight is 299 g/mol. The van der Waals surface area contributed by atoms with Crippen LogP contribution in [0.1, 0.15) is 26.2 Å². The lowest BCUT2D eigenvalue weighted by Crippen LogP contribution is -2.13. The van der Waals surface area contributed by atoms with Gasteiger partial charge in [0.2, 0.25) is 11.7 Å². The third-order valence-electron chi connectivity index (χ3n) is 2.79. The fraction of sp³-hybridized carbons (Fsp3) is 0.429. The lowest BCUT2D eigenvalue weighted by molar-refractivity contribution is 0.138. The Bertz CT molecular complexity index is 586. The molecule has 0 amide bonds. The topological polar surface area (TPSA) is 59.2 Å². The van der Waals surface area contributed by atoms with Gasteiger partial charge in [0.25, 0.3) is 0 Å². The average Bonchev–Trinajstić information content (AvgIpc) is 2.75. The van der Waals surface area contributed by atoms with Crippen molar-refractivity contribution in [2.45, 2.75) is 32.8 Å². The molecule has 2 aromatic rings. The molecule has 0 saturated heterocycles. The van der Waals surface area contributed by atoms with Crippen molar-refractivity contribution < 1.29 is 14.0 Å². The monoisotopic (exact) mass is 298 g/mol. The van der Waals surface area contributed by atoms with E-state index in [4.69, 9.17) is 16.1 Å². The number of nitrogens with zero attached hydrogens (tertiary/aromatic N) is 2. The van der Waals surface area contributed by atoms with Gasteiger partial charge in [-0.2, -0.15) is 4.98 Å². The van der Waals surface area contributed by atoms with Crippen LogP contribution in [0.2, 0.25) is 5.02 Å². The first-order chi connectivity index (χ1) is 9.45. The smallest absolute Gasteiger partial charge is 0.229 e. The number of aliphatic hydroxyl groups is 1. The Morgan fingerprint density at radius 3 is 2.80 bits per heavy atom. The third-order valence-corrected chi connectivity index (χ3v) is 3.11. The summed E-state index contributed by atoms with van der Waals surface area (Å²) in [6.07, 6.45) is 0.436. The van der Waals surface area contributed by atoms with Crippen LogP contribution >= 0.6 is 11.6 Å². The van der Waals surface area contributed by atoms with Crippen molar-refractivity contribution in [3.8, 4) is 11.4 Å². The minimum Gasteiger partial charge on any atom is -0.393 e. The molecule has 1 aromatic heterocycles. The number of hydrogen-bond acceptors (Lipinski definition) is 4. The second-order valence-electron chi connectivity index (χ2n) is 5.12. The van der Waals surface area contributed by atoms with Gasteiger partial charge in [0, 0.05) is 5.56 Å². The number of halogens is 2. The zero-order chi connectivity index (χ0) is 14.7. The lowest BCUT2D eigenvalue weighted by atomic mass is 10.0. The van der Waals surface area contributed by atoms with Gasteiger partial charge in [-0.3, -0.25) is 0 Å². The number of hydrogen-bond donors (Lipinski definition) is 1. The number of aliphatic hydroxyl groups excluding tert-OH is 1. The molecule has 1 N–H and O–H groups in total. The van der Waals surface area contributed by atoms with E-state index < -0.39 is 11.9 Å². The van der Waals surface area contributed by atoms with Crippen molar-refractivity contribution in [2.75, 3.05) is 0 Å². The lowest BCUT2D eigenvalue weighted by Gasteiger charge is -2.09. The standard InChI is InChI=1S/C14H16ClFN2O2/c1-8(2)5-10(19)7-13-17-14(18-20-13)11-4-3-9(16)6-12(11)15/h3-4,6,8,10,19H,5,7H2,1-2H3. The third kappa shape index (κ3) is 3.77. The zero-order valence-corrected chi connectivity index (χ0v) is 12.1. The van der Waals surface area contributed by atoms with E-state index >= 15 is 0 Å². The van der Waals surface area contributed by atoms with Crippen molar-refractivity contribution in [1.82, 2.24) is 10.1 Å². The molecular weight excluding hydrogens is 283 g/mol. The van der Waals surface area contributed by atoms with Crippen LogP contribution in [0.15, 0.2) is 22.7 Å². The molecule has 2 rings (SSSR count). The molecule has 0 aliphatic carbocycles. The number of aromatic nitrogens is 2. The summed E-state index contributed by atoms with van der Waals surface area (Å²) >= 11 is 5.94. The van der Waals surface area contributed by atoms with Gasteiger partial charge < -0.3 is 9.63 Å². The highest BCUT2D eigenvalue weighted by atomic mass is 35.5. The van der Waals surface area contributed by atoms with Gasteiger partial charge in [0.05, 0.1) is 17.5 Å². The van der Waals surface area contributed by atoms with Crippen LogP contribution in [-0.2, 0) is 6.42 Å². The Kier molecular flexibility index (Phi) is 4.73. The Morgan fingerprint density at radius 1 is 1.40 bits per heavy atom. The summed E-state index contributed by atoms with van der Waals surface area (Å²) < 4.78 is 18.1. The SMILES string of the molecule is CC(C)CC(O)Cc1nc(-c2ccc(F)cc2Cl)no1. The fourth-order valence-corrected chi connectivity index (χ4v) is 2.20. The molecule has 1 aromatic carbocycles. The van der Waals surface area contributed by atoms with Crippen molar-refractivity contribution in [3.63, 3.8) is 0 Å². The molecule has 0 aliphatic heterocycles. The molecule has 0 spiro atoms. The maximum Gasteiger partial charge on any atom is 0.229 e. The largest absolute Gasteiger partial charge is 0.393 e. The maximum absolute atomic E-state index is 13.0. The molecule has 0 aliphatic rings. The van der Waals surface area contributed by atoms with Crippen LogP contribution in [0, 0.1) is 11.7 Å². The summed E-state index contributed by atoms with van der Waals surface area (Å²) in [4.78, 5) is 4.17. The summed E-state index contributed by atoms with van der Waals surface area (Å²) in [5, 5.41) is 13.9. The van der Waals surface area contributed by atoms with Gasteiger partial charge in [-0.25, -0.2) is 4.39 Å². The van der Waals surface area contributed by atoms with Crippen LogP contribution < -0.4 is 0 Å². The summed E-state index contributed by atoms with van der Waals surface area (Å²) in [5.41, 5.74) is 0.501.